The maximum absolute atomic E-state index is 12.5. The Labute approximate surface area is 122 Å². The molecule has 3 aliphatic heterocycles. The van der Waals surface area contributed by atoms with Gasteiger partial charge in [0, 0.05) is 45.0 Å². The lowest BCUT2D eigenvalue weighted by Gasteiger charge is -2.37. The lowest BCUT2D eigenvalue weighted by molar-refractivity contribution is -0.181. The SMILES string of the molecule is O=C(c1cc2n(n1)CCCO2)N1CCC2(CC1)OCCO2. The summed E-state index contributed by atoms with van der Waals surface area (Å²) >= 11 is 0. The van der Waals surface area contributed by atoms with Crippen LogP contribution in [-0.2, 0) is 16.0 Å². The van der Waals surface area contributed by atoms with Gasteiger partial charge in [-0.15, -0.1) is 0 Å². The molecule has 1 amide bonds. The van der Waals surface area contributed by atoms with Gasteiger partial charge >= 0.3 is 0 Å². The highest BCUT2D eigenvalue weighted by atomic mass is 16.7. The van der Waals surface area contributed by atoms with Crippen LogP contribution in [0.3, 0.4) is 0 Å². The predicted octanol–water partition coefficient (Wildman–Crippen LogP) is 0.645. The van der Waals surface area contributed by atoms with Gasteiger partial charge in [-0.1, -0.05) is 0 Å². The third-order valence-corrected chi connectivity index (χ3v) is 4.35. The Morgan fingerprint density at radius 2 is 1.90 bits per heavy atom. The van der Waals surface area contributed by atoms with E-state index in [2.05, 4.69) is 5.10 Å². The molecule has 1 spiro atoms. The van der Waals surface area contributed by atoms with Crippen LogP contribution in [0.2, 0.25) is 0 Å². The van der Waals surface area contributed by atoms with Crippen LogP contribution in [0.1, 0.15) is 29.8 Å². The van der Waals surface area contributed by atoms with E-state index < -0.39 is 5.79 Å². The topological polar surface area (TPSA) is 65.8 Å². The molecule has 0 bridgehead atoms. The van der Waals surface area contributed by atoms with E-state index in [0.717, 1.165) is 25.8 Å². The van der Waals surface area contributed by atoms with Gasteiger partial charge in [0.2, 0.25) is 5.88 Å². The largest absolute Gasteiger partial charge is 0.478 e. The average molecular weight is 293 g/mol. The minimum absolute atomic E-state index is 0.0339. The predicted molar refractivity (Wildman–Crippen MR) is 72.1 cm³/mol. The Morgan fingerprint density at radius 1 is 1.14 bits per heavy atom. The van der Waals surface area contributed by atoms with Crippen LogP contribution < -0.4 is 4.74 Å². The summed E-state index contributed by atoms with van der Waals surface area (Å²) in [6, 6.07) is 1.74. The van der Waals surface area contributed by atoms with E-state index in [0.29, 0.717) is 44.5 Å². The number of rotatable bonds is 1. The summed E-state index contributed by atoms with van der Waals surface area (Å²) < 4.78 is 18.6. The highest BCUT2D eigenvalue weighted by Crippen LogP contribution is 2.32. The van der Waals surface area contributed by atoms with Gasteiger partial charge < -0.3 is 19.1 Å². The van der Waals surface area contributed by atoms with Gasteiger partial charge in [0.05, 0.1) is 19.8 Å². The minimum Gasteiger partial charge on any atom is -0.478 e. The molecule has 4 heterocycles. The number of hydrogen-bond donors (Lipinski definition) is 0. The van der Waals surface area contributed by atoms with Crippen molar-refractivity contribution in [3.63, 3.8) is 0 Å². The number of aromatic nitrogens is 2. The molecule has 0 aromatic carbocycles. The molecule has 0 N–H and O–H groups in total. The number of amides is 1. The molecule has 2 saturated heterocycles. The van der Waals surface area contributed by atoms with Crippen molar-refractivity contribution in [2.24, 2.45) is 0 Å². The Morgan fingerprint density at radius 3 is 2.62 bits per heavy atom. The minimum atomic E-state index is -0.451. The lowest BCUT2D eigenvalue weighted by atomic mass is 10.0. The smallest absolute Gasteiger partial charge is 0.274 e. The summed E-state index contributed by atoms with van der Waals surface area (Å²) in [6.45, 7) is 4.09. The fraction of sp³-hybridized carbons (Fsp3) is 0.714. The van der Waals surface area contributed by atoms with Crippen molar-refractivity contribution in [2.45, 2.75) is 31.6 Å². The van der Waals surface area contributed by atoms with Gasteiger partial charge in [0.25, 0.3) is 5.91 Å². The van der Waals surface area contributed by atoms with Crippen LogP contribution in [0.4, 0.5) is 0 Å². The van der Waals surface area contributed by atoms with E-state index >= 15 is 0 Å². The molecular weight excluding hydrogens is 274 g/mol. The number of aryl methyl sites for hydroxylation is 1. The summed E-state index contributed by atoms with van der Waals surface area (Å²) in [5, 5.41) is 4.35. The van der Waals surface area contributed by atoms with Gasteiger partial charge in [0.1, 0.15) is 0 Å². The van der Waals surface area contributed by atoms with Gasteiger partial charge in [-0.05, 0) is 0 Å². The number of piperidine rings is 1. The molecule has 0 unspecified atom stereocenters. The first-order chi connectivity index (χ1) is 10.3. The summed E-state index contributed by atoms with van der Waals surface area (Å²) in [7, 11) is 0. The summed E-state index contributed by atoms with van der Waals surface area (Å²) in [5.41, 5.74) is 0.469. The molecule has 4 rings (SSSR count). The van der Waals surface area contributed by atoms with Crippen molar-refractivity contribution in [2.75, 3.05) is 32.9 Å². The standard InChI is InChI=1S/C14H19N3O4/c18-13(11-10-12-17(15-11)4-1-7-19-12)16-5-2-14(3-6-16)20-8-9-21-14/h10H,1-9H2. The maximum atomic E-state index is 12.5. The van der Waals surface area contributed by atoms with Gasteiger partial charge in [0.15, 0.2) is 11.5 Å². The molecule has 0 radical (unpaired) electrons. The number of carbonyl (C=O) groups is 1. The molecule has 7 nitrogen and oxygen atoms in total. The number of carbonyl (C=O) groups excluding carboxylic acids is 1. The van der Waals surface area contributed by atoms with E-state index in [1.54, 1.807) is 10.7 Å². The normalized spacial score (nSPS) is 23.9. The van der Waals surface area contributed by atoms with Crippen molar-refractivity contribution in [3.8, 4) is 5.88 Å². The molecule has 2 fully saturated rings. The molecule has 3 aliphatic rings. The maximum Gasteiger partial charge on any atom is 0.274 e. The van der Waals surface area contributed by atoms with E-state index in [1.807, 2.05) is 4.90 Å². The second-order valence-electron chi connectivity index (χ2n) is 5.69. The highest BCUT2D eigenvalue weighted by molar-refractivity contribution is 5.92. The van der Waals surface area contributed by atoms with Crippen LogP contribution in [0.5, 0.6) is 5.88 Å². The number of likely N-dealkylation sites (tertiary alicyclic amines) is 1. The molecule has 7 heteroatoms. The third-order valence-electron chi connectivity index (χ3n) is 4.35. The summed E-state index contributed by atoms with van der Waals surface area (Å²) in [6.07, 6.45) is 2.38. The molecule has 114 valence electrons. The zero-order valence-electron chi connectivity index (χ0n) is 11.9. The van der Waals surface area contributed by atoms with Crippen molar-refractivity contribution in [1.82, 2.24) is 14.7 Å². The second kappa shape index (κ2) is 4.99. The molecule has 1 aromatic rings. The zero-order valence-corrected chi connectivity index (χ0v) is 11.9. The quantitative estimate of drug-likeness (QED) is 0.760. The fourth-order valence-electron chi connectivity index (χ4n) is 3.17. The molecule has 0 atom stereocenters. The Hall–Kier alpha value is -1.60. The molecule has 0 aliphatic carbocycles. The Bertz CT molecular complexity index is 517. The van der Waals surface area contributed by atoms with Gasteiger partial charge in [-0.2, -0.15) is 5.10 Å². The summed E-state index contributed by atoms with van der Waals surface area (Å²) in [5.74, 6) is 0.210. The molecular formula is C14H19N3O4. The monoisotopic (exact) mass is 293 g/mol. The number of hydrogen-bond acceptors (Lipinski definition) is 5. The van der Waals surface area contributed by atoms with Crippen LogP contribution in [-0.4, -0.2) is 59.3 Å². The van der Waals surface area contributed by atoms with Crippen molar-refractivity contribution in [3.05, 3.63) is 11.8 Å². The van der Waals surface area contributed by atoms with E-state index in [1.165, 1.54) is 0 Å². The van der Waals surface area contributed by atoms with Gasteiger partial charge in [-0.3, -0.25) is 4.79 Å². The Kier molecular flexibility index (Phi) is 3.11. The van der Waals surface area contributed by atoms with E-state index in [9.17, 15) is 4.79 Å². The first kappa shape index (κ1) is 13.1. The zero-order chi connectivity index (χ0) is 14.3. The lowest BCUT2D eigenvalue weighted by Crippen LogP contribution is -2.47. The summed E-state index contributed by atoms with van der Waals surface area (Å²) in [4.78, 5) is 14.4. The molecule has 1 aromatic heterocycles. The average Bonchev–Trinajstić information content (AvgIpc) is 3.14. The number of nitrogens with zero attached hydrogens (tertiary/aromatic N) is 3. The van der Waals surface area contributed by atoms with E-state index in [4.69, 9.17) is 14.2 Å². The number of ether oxygens (including phenoxy) is 3. The van der Waals surface area contributed by atoms with Crippen LogP contribution in [0.15, 0.2) is 6.07 Å². The van der Waals surface area contributed by atoms with Crippen LogP contribution in [0, 0.1) is 0 Å². The van der Waals surface area contributed by atoms with Crippen molar-refractivity contribution >= 4 is 5.91 Å². The second-order valence-corrected chi connectivity index (χ2v) is 5.69. The van der Waals surface area contributed by atoms with Crippen LogP contribution in [0.25, 0.3) is 0 Å². The highest BCUT2D eigenvalue weighted by Gasteiger charge is 2.41. The van der Waals surface area contributed by atoms with Crippen LogP contribution >= 0.6 is 0 Å². The fourth-order valence-corrected chi connectivity index (χ4v) is 3.17. The van der Waals surface area contributed by atoms with Crippen molar-refractivity contribution in [1.29, 1.82) is 0 Å². The third kappa shape index (κ3) is 2.30. The van der Waals surface area contributed by atoms with E-state index in [-0.39, 0.29) is 5.91 Å². The van der Waals surface area contributed by atoms with Gasteiger partial charge in [-0.25, -0.2) is 4.68 Å². The molecule has 21 heavy (non-hydrogen) atoms. The first-order valence-electron chi connectivity index (χ1n) is 7.54. The Balaban J connectivity index is 1.44. The first-order valence-corrected chi connectivity index (χ1v) is 7.54. The molecule has 0 saturated carbocycles. The number of fused-ring (bicyclic) bond motifs is 1. The van der Waals surface area contributed by atoms with Crippen molar-refractivity contribution < 1.29 is 19.0 Å².